The summed E-state index contributed by atoms with van der Waals surface area (Å²) in [5, 5.41) is 6.32. The van der Waals surface area contributed by atoms with Crippen LogP contribution in [0.25, 0.3) is 0 Å². The van der Waals surface area contributed by atoms with Crippen molar-refractivity contribution in [1.82, 2.24) is 10.6 Å². The van der Waals surface area contributed by atoms with E-state index < -0.39 is 20.0 Å². The van der Waals surface area contributed by atoms with Gasteiger partial charge in [0.15, 0.2) is 0 Å². The molecule has 0 spiro atoms. The van der Waals surface area contributed by atoms with Crippen LogP contribution in [0.2, 0.25) is 0 Å². The van der Waals surface area contributed by atoms with Crippen molar-refractivity contribution in [3.8, 4) is 0 Å². The predicted molar refractivity (Wildman–Crippen MR) is 154 cm³/mol. The largest absolute Gasteiger partial charge is 0.368 e. The number of rotatable bonds is 8. The Hall–Kier alpha value is -3.32. The minimum absolute atomic E-state index is 0. The fraction of sp³-hybridized carbons (Fsp3) is 0.167. The summed E-state index contributed by atoms with van der Waals surface area (Å²) < 4.78 is 56.8. The Morgan fingerprint density at radius 3 is 1.34 bits per heavy atom. The van der Waals surface area contributed by atoms with E-state index in [1.807, 2.05) is 0 Å². The fourth-order valence-corrected chi connectivity index (χ4v) is 6.09. The van der Waals surface area contributed by atoms with Crippen LogP contribution in [0, 0.1) is 0 Å². The molecule has 14 heteroatoms. The Labute approximate surface area is 234 Å². The molecule has 0 saturated heterocycles. The lowest BCUT2D eigenvalue weighted by Gasteiger charge is -2.12. The van der Waals surface area contributed by atoms with Crippen molar-refractivity contribution in [3.05, 3.63) is 83.9 Å². The normalized spacial score (nSPS) is 14.6. The summed E-state index contributed by atoms with van der Waals surface area (Å²) in [6.45, 7) is 2.96. The second-order valence-electron chi connectivity index (χ2n) is 8.15. The molecule has 0 aliphatic carbocycles. The second kappa shape index (κ2) is 12.0. The SMILES string of the molecule is Cl.Cl.O=S(=O)(Nc1ccc(C2=NCCN2)cc1)c1cccc(S(=O)(=O)Nc2ccc(C3=NCCN3)cc2)c1. The smallest absolute Gasteiger partial charge is 0.261 e. The van der Waals surface area contributed by atoms with Gasteiger partial charge in [0.2, 0.25) is 0 Å². The first-order valence-electron chi connectivity index (χ1n) is 11.2. The van der Waals surface area contributed by atoms with Crippen molar-refractivity contribution in [2.45, 2.75) is 9.79 Å². The first kappa shape index (κ1) is 29.2. The average Bonchev–Trinajstić information content (AvgIpc) is 3.60. The molecule has 10 nitrogen and oxygen atoms in total. The molecule has 0 aromatic heterocycles. The van der Waals surface area contributed by atoms with Gasteiger partial charge in [-0.2, -0.15) is 0 Å². The highest BCUT2D eigenvalue weighted by Crippen LogP contribution is 2.22. The number of sulfonamides is 2. The van der Waals surface area contributed by atoms with Crippen molar-refractivity contribution in [2.24, 2.45) is 9.98 Å². The summed E-state index contributed by atoms with van der Waals surface area (Å²) in [6.07, 6.45) is 0. The Morgan fingerprint density at radius 2 is 1.00 bits per heavy atom. The van der Waals surface area contributed by atoms with Gasteiger partial charge in [0.1, 0.15) is 11.7 Å². The number of anilines is 2. The number of nitrogens with one attached hydrogen (secondary N) is 4. The van der Waals surface area contributed by atoms with Gasteiger partial charge in [-0.1, -0.05) is 6.07 Å². The lowest BCUT2D eigenvalue weighted by molar-refractivity contribution is 0.599. The number of benzene rings is 3. The maximum atomic E-state index is 13.0. The lowest BCUT2D eigenvalue weighted by Crippen LogP contribution is -2.19. The molecule has 4 N–H and O–H groups in total. The molecule has 2 aliphatic heterocycles. The molecule has 0 radical (unpaired) electrons. The zero-order valence-electron chi connectivity index (χ0n) is 19.9. The number of hydrogen-bond donors (Lipinski definition) is 4. The Morgan fingerprint density at radius 1 is 0.605 bits per heavy atom. The van der Waals surface area contributed by atoms with Crippen LogP contribution >= 0.6 is 24.8 Å². The van der Waals surface area contributed by atoms with Crippen molar-refractivity contribution in [3.63, 3.8) is 0 Å². The molecular weight excluding hydrogens is 571 g/mol. The Bertz CT molecular complexity index is 1450. The van der Waals surface area contributed by atoms with Crippen molar-refractivity contribution < 1.29 is 16.8 Å². The zero-order chi connectivity index (χ0) is 25.2. The van der Waals surface area contributed by atoms with Crippen LogP contribution in [0.4, 0.5) is 11.4 Å². The molecule has 0 atom stereocenters. The molecule has 202 valence electrons. The van der Waals surface area contributed by atoms with Gasteiger partial charge in [-0.15, -0.1) is 24.8 Å². The van der Waals surface area contributed by atoms with E-state index >= 15 is 0 Å². The van der Waals surface area contributed by atoms with Crippen LogP contribution in [0.15, 0.2) is 92.6 Å². The van der Waals surface area contributed by atoms with Gasteiger partial charge >= 0.3 is 0 Å². The predicted octanol–water partition coefficient (Wildman–Crippen LogP) is 2.83. The number of aliphatic imine (C=N–C) groups is 2. The van der Waals surface area contributed by atoms with Gasteiger partial charge < -0.3 is 10.6 Å². The topological polar surface area (TPSA) is 141 Å². The lowest BCUT2D eigenvalue weighted by atomic mass is 10.2. The van der Waals surface area contributed by atoms with Crippen molar-refractivity contribution in [1.29, 1.82) is 0 Å². The van der Waals surface area contributed by atoms with Crippen LogP contribution in [-0.2, 0) is 20.0 Å². The van der Waals surface area contributed by atoms with E-state index in [4.69, 9.17) is 0 Å². The van der Waals surface area contributed by atoms with Gasteiger partial charge in [0, 0.05) is 35.6 Å². The molecule has 38 heavy (non-hydrogen) atoms. The third kappa shape index (κ3) is 6.57. The highest BCUT2D eigenvalue weighted by molar-refractivity contribution is 7.93. The van der Waals surface area contributed by atoms with E-state index in [0.29, 0.717) is 24.5 Å². The molecule has 0 bridgehead atoms. The fourth-order valence-electron chi connectivity index (χ4n) is 3.81. The van der Waals surface area contributed by atoms with Crippen molar-refractivity contribution in [2.75, 3.05) is 35.6 Å². The van der Waals surface area contributed by atoms with E-state index in [2.05, 4.69) is 30.1 Å². The van der Waals surface area contributed by atoms with Crippen LogP contribution in [0.1, 0.15) is 11.1 Å². The summed E-state index contributed by atoms with van der Waals surface area (Å²) in [5.74, 6) is 1.54. The summed E-state index contributed by atoms with van der Waals surface area (Å²) in [6, 6.07) is 18.8. The third-order valence-corrected chi connectivity index (χ3v) is 8.35. The number of halogens is 2. The number of hydrogen-bond acceptors (Lipinski definition) is 8. The number of amidine groups is 2. The highest BCUT2D eigenvalue weighted by Gasteiger charge is 2.20. The molecule has 3 aromatic carbocycles. The number of nitrogens with zero attached hydrogens (tertiary/aromatic N) is 2. The Balaban J connectivity index is 0.00000200. The molecule has 3 aromatic rings. The van der Waals surface area contributed by atoms with Crippen molar-refractivity contribution >= 4 is 67.9 Å². The molecule has 0 fully saturated rings. The standard InChI is InChI=1S/C24H24N6O4S2.2ClH/c31-35(32,29-19-8-4-17(5-9-19)23-25-12-13-26-23)21-2-1-3-22(16-21)36(33,34)30-20-10-6-18(7-11-20)24-27-14-15-28-24;;/h1-11,16,29-30H,12-15H2,(H,25,26)(H,27,28);2*1H. The molecule has 2 aliphatic rings. The maximum Gasteiger partial charge on any atom is 0.261 e. The van der Waals surface area contributed by atoms with E-state index in [-0.39, 0.29) is 34.6 Å². The summed E-state index contributed by atoms with van der Waals surface area (Å²) in [5.41, 5.74) is 2.42. The molecule has 5 rings (SSSR count). The van der Waals surface area contributed by atoms with Gasteiger partial charge in [-0.05, 0) is 66.7 Å². The quantitative estimate of drug-likeness (QED) is 0.315. The minimum Gasteiger partial charge on any atom is -0.368 e. The van der Waals surface area contributed by atoms with Crippen LogP contribution in [-0.4, -0.2) is 54.7 Å². The van der Waals surface area contributed by atoms with E-state index in [1.54, 1.807) is 48.5 Å². The molecule has 0 amide bonds. The van der Waals surface area contributed by atoms with Gasteiger partial charge in [-0.25, -0.2) is 16.8 Å². The van der Waals surface area contributed by atoms with E-state index in [0.717, 1.165) is 42.0 Å². The first-order valence-corrected chi connectivity index (χ1v) is 14.2. The van der Waals surface area contributed by atoms with Crippen LogP contribution in [0.3, 0.4) is 0 Å². The average molecular weight is 598 g/mol. The Kier molecular flexibility index (Phi) is 9.26. The second-order valence-corrected chi connectivity index (χ2v) is 11.5. The molecule has 2 heterocycles. The van der Waals surface area contributed by atoms with Crippen LogP contribution in [0.5, 0.6) is 0 Å². The van der Waals surface area contributed by atoms with Gasteiger partial charge in [0.25, 0.3) is 20.0 Å². The van der Waals surface area contributed by atoms with Gasteiger partial charge in [0.05, 0.1) is 22.9 Å². The minimum atomic E-state index is -4.02. The summed E-state index contributed by atoms with van der Waals surface area (Å²) >= 11 is 0. The molecule has 0 saturated carbocycles. The third-order valence-electron chi connectivity index (χ3n) is 5.60. The molecular formula is C24H26Cl2N6O4S2. The van der Waals surface area contributed by atoms with Crippen LogP contribution < -0.4 is 20.1 Å². The highest BCUT2D eigenvalue weighted by atomic mass is 35.5. The zero-order valence-corrected chi connectivity index (χ0v) is 23.2. The maximum absolute atomic E-state index is 13.0. The van der Waals surface area contributed by atoms with E-state index in [1.165, 1.54) is 18.2 Å². The first-order chi connectivity index (χ1) is 17.3. The summed E-state index contributed by atoms with van der Waals surface area (Å²) in [7, 11) is -8.05. The molecule has 0 unspecified atom stereocenters. The van der Waals surface area contributed by atoms with Gasteiger partial charge in [-0.3, -0.25) is 19.4 Å². The van der Waals surface area contributed by atoms with E-state index in [9.17, 15) is 16.8 Å². The summed E-state index contributed by atoms with van der Waals surface area (Å²) in [4.78, 5) is 8.34. The monoisotopic (exact) mass is 596 g/mol.